The van der Waals surface area contributed by atoms with Gasteiger partial charge in [-0.15, -0.1) is 0 Å². The minimum absolute atomic E-state index is 0.282. The summed E-state index contributed by atoms with van der Waals surface area (Å²) in [5.74, 6) is 0. The van der Waals surface area contributed by atoms with Gasteiger partial charge in [0.15, 0.2) is 14.9 Å². The van der Waals surface area contributed by atoms with Crippen LogP contribution in [0.5, 0.6) is 0 Å². The van der Waals surface area contributed by atoms with Gasteiger partial charge in [-0.2, -0.15) is 0 Å². The molecule has 0 amide bonds. The van der Waals surface area contributed by atoms with Crippen molar-refractivity contribution in [2.75, 3.05) is 33.1 Å². The number of nitrogens with one attached hydrogen (secondary N) is 2. The topological polar surface area (TPSA) is 67.4 Å². The first-order valence-electron chi connectivity index (χ1n) is 4.91. The van der Waals surface area contributed by atoms with Gasteiger partial charge >= 0.3 is 0 Å². The van der Waals surface area contributed by atoms with E-state index in [2.05, 4.69) is 10.6 Å². The standard InChI is InChI=1S/C9H20N2O3S2/c1-9(2,16(4,12)13)7-11-8(15)10-5-6-14-3/h5-7H2,1-4H3,(H2,10,11,15). The van der Waals surface area contributed by atoms with E-state index in [0.717, 1.165) is 0 Å². The average Bonchev–Trinajstić information content (AvgIpc) is 2.13. The molecule has 0 aromatic heterocycles. The Morgan fingerprint density at radius 3 is 2.38 bits per heavy atom. The zero-order valence-electron chi connectivity index (χ0n) is 10.2. The lowest BCUT2D eigenvalue weighted by Gasteiger charge is -2.23. The van der Waals surface area contributed by atoms with Crippen LogP contribution in [-0.4, -0.2) is 51.3 Å². The molecule has 0 aliphatic rings. The van der Waals surface area contributed by atoms with Crippen LogP contribution in [0.4, 0.5) is 0 Å². The van der Waals surface area contributed by atoms with E-state index in [9.17, 15) is 8.42 Å². The van der Waals surface area contributed by atoms with Crippen molar-refractivity contribution in [1.82, 2.24) is 10.6 Å². The Kier molecular flexibility index (Phi) is 6.20. The molecule has 0 unspecified atom stereocenters. The molecule has 0 spiro atoms. The Morgan fingerprint density at radius 1 is 1.38 bits per heavy atom. The van der Waals surface area contributed by atoms with Crippen molar-refractivity contribution >= 4 is 27.2 Å². The second kappa shape index (κ2) is 6.36. The molecule has 0 rings (SSSR count). The molecule has 0 aromatic carbocycles. The van der Waals surface area contributed by atoms with Gasteiger partial charge in [-0.05, 0) is 26.1 Å². The molecule has 0 bridgehead atoms. The molecule has 0 aliphatic heterocycles. The van der Waals surface area contributed by atoms with Crippen molar-refractivity contribution in [1.29, 1.82) is 0 Å². The van der Waals surface area contributed by atoms with Crippen LogP contribution in [0.25, 0.3) is 0 Å². The van der Waals surface area contributed by atoms with Crippen LogP contribution >= 0.6 is 12.2 Å². The van der Waals surface area contributed by atoms with E-state index in [1.807, 2.05) is 0 Å². The Hall–Kier alpha value is -0.400. The summed E-state index contributed by atoms with van der Waals surface area (Å²) in [5, 5.41) is 6.22. The van der Waals surface area contributed by atoms with Crippen LogP contribution in [0.1, 0.15) is 13.8 Å². The van der Waals surface area contributed by atoms with Crippen LogP contribution < -0.4 is 10.6 Å². The number of hydrogen-bond acceptors (Lipinski definition) is 4. The SMILES string of the molecule is COCCNC(=S)NCC(C)(C)S(C)(=O)=O. The quantitative estimate of drug-likeness (QED) is 0.519. The third kappa shape index (κ3) is 5.62. The molecule has 0 saturated heterocycles. The first-order chi connectivity index (χ1) is 7.20. The molecule has 5 nitrogen and oxygen atoms in total. The lowest BCUT2D eigenvalue weighted by atomic mass is 10.2. The molecular weight excluding hydrogens is 248 g/mol. The number of ether oxygens (including phenoxy) is 1. The molecule has 0 fully saturated rings. The lowest BCUT2D eigenvalue weighted by molar-refractivity contribution is 0.204. The highest BCUT2D eigenvalue weighted by atomic mass is 32.2. The van der Waals surface area contributed by atoms with E-state index in [4.69, 9.17) is 17.0 Å². The van der Waals surface area contributed by atoms with Crippen LogP contribution in [0.15, 0.2) is 0 Å². The summed E-state index contributed by atoms with van der Waals surface area (Å²) in [4.78, 5) is 0. The molecule has 0 saturated carbocycles. The predicted octanol–water partition coefficient (Wildman–Crippen LogP) is -0.0799. The van der Waals surface area contributed by atoms with Gasteiger partial charge in [0.2, 0.25) is 0 Å². The van der Waals surface area contributed by atoms with Crippen LogP contribution in [-0.2, 0) is 14.6 Å². The zero-order chi connectivity index (χ0) is 12.8. The predicted molar refractivity (Wildman–Crippen MR) is 69.4 cm³/mol. The van der Waals surface area contributed by atoms with Gasteiger partial charge < -0.3 is 15.4 Å². The summed E-state index contributed by atoms with van der Waals surface area (Å²) in [6.45, 7) is 4.75. The van der Waals surface area contributed by atoms with Gasteiger partial charge in [-0.25, -0.2) is 8.42 Å². The van der Waals surface area contributed by atoms with Gasteiger partial charge in [0.1, 0.15) is 0 Å². The third-order valence-corrected chi connectivity index (χ3v) is 4.71. The smallest absolute Gasteiger partial charge is 0.166 e. The maximum absolute atomic E-state index is 11.4. The zero-order valence-corrected chi connectivity index (χ0v) is 11.8. The first-order valence-corrected chi connectivity index (χ1v) is 7.21. The highest BCUT2D eigenvalue weighted by molar-refractivity contribution is 7.92. The molecule has 96 valence electrons. The van der Waals surface area contributed by atoms with Crippen molar-refractivity contribution < 1.29 is 13.2 Å². The summed E-state index contributed by atoms with van der Waals surface area (Å²) >= 11 is 4.99. The largest absolute Gasteiger partial charge is 0.383 e. The number of thiocarbonyl (C=S) groups is 1. The monoisotopic (exact) mass is 268 g/mol. The second-order valence-corrected chi connectivity index (χ2v) is 7.19. The molecule has 16 heavy (non-hydrogen) atoms. The molecule has 0 aromatic rings. The fraction of sp³-hybridized carbons (Fsp3) is 0.889. The summed E-state index contributed by atoms with van der Waals surface area (Å²) in [5.41, 5.74) is 0. The maximum Gasteiger partial charge on any atom is 0.166 e. The van der Waals surface area contributed by atoms with E-state index >= 15 is 0 Å². The first kappa shape index (κ1) is 15.6. The summed E-state index contributed by atoms with van der Waals surface area (Å²) in [6.07, 6.45) is 1.22. The van der Waals surface area contributed by atoms with Crippen LogP contribution in [0.2, 0.25) is 0 Å². The normalized spacial score (nSPS) is 12.2. The number of rotatable bonds is 6. The van der Waals surface area contributed by atoms with Gasteiger partial charge in [0.25, 0.3) is 0 Å². The van der Waals surface area contributed by atoms with Crippen LogP contribution in [0.3, 0.4) is 0 Å². The highest BCUT2D eigenvalue weighted by Gasteiger charge is 2.29. The van der Waals surface area contributed by atoms with E-state index in [-0.39, 0.29) is 6.54 Å². The highest BCUT2D eigenvalue weighted by Crippen LogP contribution is 2.13. The number of methoxy groups -OCH3 is 1. The van der Waals surface area contributed by atoms with Crippen molar-refractivity contribution in [3.63, 3.8) is 0 Å². The van der Waals surface area contributed by atoms with E-state index in [0.29, 0.717) is 18.3 Å². The minimum atomic E-state index is -3.10. The Labute approximate surface area is 103 Å². The molecule has 0 atom stereocenters. The molecular formula is C9H20N2O3S2. The second-order valence-electron chi connectivity index (χ2n) is 4.13. The third-order valence-electron chi connectivity index (χ3n) is 2.27. The summed E-state index contributed by atoms with van der Waals surface area (Å²) < 4.78 is 26.8. The van der Waals surface area contributed by atoms with Crippen molar-refractivity contribution in [2.45, 2.75) is 18.6 Å². The lowest BCUT2D eigenvalue weighted by Crippen LogP contribution is -2.47. The maximum atomic E-state index is 11.4. The van der Waals surface area contributed by atoms with E-state index in [1.54, 1.807) is 21.0 Å². The van der Waals surface area contributed by atoms with E-state index in [1.165, 1.54) is 6.26 Å². The fourth-order valence-electron chi connectivity index (χ4n) is 0.753. The number of hydrogen-bond donors (Lipinski definition) is 2. The van der Waals surface area contributed by atoms with Crippen molar-refractivity contribution in [3.05, 3.63) is 0 Å². The van der Waals surface area contributed by atoms with Gasteiger partial charge in [-0.1, -0.05) is 0 Å². The Bertz CT molecular complexity index is 326. The van der Waals surface area contributed by atoms with Gasteiger partial charge in [0, 0.05) is 26.5 Å². The molecule has 0 aliphatic carbocycles. The average molecular weight is 268 g/mol. The minimum Gasteiger partial charge on any atom is -0.383 e. The fourth-order valence-corrected chi connectivity index (χ4v) is 1.26. The molecule has 7 heteroatoms. The van der Waals surface area contributed by atoms with Crippen LogP contribution in [0, 0.1) is 0 Å². The Balaban J connectivity index is 4.01. The van der Waals surface area contributed by atoms with Gasteiger partial charge in [0.05, 0.1) is 11.4 Å². The molecule has 0 heterocycles. The molecule has 2 N–H and O–H groups in total. The number of sulfone groups is 1. The van der Waals surface area contributed by atoms with Gasteiger partial charge in [-0.3, -0.25) is 0 Å². The van der Waals surface area contributed by atoms with Crippen molar-refractivity contribution in [3.8, 4) is 0 Å². The summed E-state index contributed by atoms with van der Waals surface area (Å²) in [6, 6.07) is 0. The molecule has 0 radical (unpaired) electrons. The van der Waals surface area contributed by atoms with Crippen molar-refractivity contribution in [2.24, 2.45) is 0 Å². The van der Waals surface area contributed by atoms with E-state index < -0.39 is 14.6 Å². The summed E-state index contributed by atoms with van der Waals surface area (Å²) in [7, 11) is -1.50. The Morgan fingerprint density at radius 2 is 1.94 bits per heavy atom.